The number of para-hydroxylation sites is 1. The maximum atomic E-state index is 12.8. The van der Waals surface area contributed by atoms with Gasteiger partial charge in [0.1, 0.15) is 5.60 Å². The van der Waals surface area contributed by atoms with E-state index in [2.05, 4.69) is 10.2 Å². The van der Waals surface area contributed by atoms with E-state index in [1.807, 2.05) is 39.0 Å². The number of carbonyl (C=O) groups is 3. The lowest BCUT2D eigenvalue weighted by atomic mass is 10.0. The molecule has 0 spiro atoms. The van der Waals surface area contributed by atoms with Gasteiger partial charge in [-0.15, -0.1) is 0 Å². The molecule has 7 nitrogen and oxygen atoms in total. The minimum absolute atomic E-state index is 0.0218. The van der Waals surface area contributed by atoms with Gasteiger partial charge in [0.05, 0.1) is 18.2 Å². The highest BCUT2D eigenvalue weighted by atomic mass is 16.6. The quantitative estimate of drug-likeness (QED) is 0.823. The maximum absolute atomic E-state index is 12.8. The van der Waals surface area contributed by atoms with Gasteiger partial charge >= 0.3 is 6.09 Å². The van der Waals surface area contributed by atoms with E-state index in [0.717, 1.165) is 12.8 Å². The van der Waals surface area contributed by atoms with Gasteiger partial charge in [-0.2, -0.15) is 0 Å². The zero-order chi connectivity index (χ0) is 19.6. The van der Waals surface area contributed by atoms with Crippen LogP contribution in [0.15, 0.2) is 30.3 Å². The fraction of sp³-hybridized carbons (Fsp3) is 0.550. The Morgan fingerprint density at radius 1 is 1.11 bits per heavy atom. The van der Waals surface area contributed by atoms with Gasteiger partial charge in [0.25, 0.3) is 5.91 Å². The lowest BCUT2D eigenvalue weighted by Crippen LogP contribution is -2.50. The zero-order valence-electron chi connectivity index (χ0n) is 16.1. The minimum Gasteiger partial charge on any atom is -0.444 e. The standard InChI is InChI=1S/C20H27N3O4/c1-20(2,3)27-19(26)21-14-9-11-22(12-10-14)16-13-17(24)23(18(16)25)15-7-5-4-6-8-15/h4-8,14,16H,9-13H2,1-3H3,(H,21,26)/t16-/m1/s1. The minimum atomic E-state index is -0.525. The Labute approximate surface area is 159 Å². The van der Waals surface area contributed by atoms with Crippen LogP contribution in [0.4, 0.5) is 10.5 Å². The van der Waals surface area contributed by atoms with Crippen LogP contribution in [0.5, 0.6) is 0 Å². The Morgan fingerprint density at radius 3 is 2.33 bits per heavy atom. The second-order valence-corrected chi connectivity index (χ2v) is 8.08. The van der Waals surface area contributed by atoms with E-state index in [1.54, 1.807) is 12.1 Å². The van der Waals surface area contributed by atoms with E-state index >= 15 is 0 Å². The van der Waals surface area contributed by atoms with Crippen LogP contribution in [0.3, 0.4) is 0 Å². The Kier molecular flexibility index (Phi) is 5.51. The molecule has 0 bridgehead atoms. The number of hydrogen-bond donors (Lipinski definition) is 1. The van der Waals surface area contributed by atoms with Crippen molar-refractivity contribution in [2.75, 3.05) is 18.0 Å². The van der Waals surface area contributed by atoms with Gasteiger partial charge in [0.15, 0.2) is 0 Å². The van der Waals surface area contributed by atoms with Crippen molar-refractivity contribution in [2.24, 2.45) is 0 Å². The molecule has 0 unspecified atom stereocenters. The monoisotopic (exact) mass is 373 g/mol. The first-order valence-electron chi connectivity index (χ1n) is 9.40. The van der Waals surface area contributed by atoms with Crippen molar-refractivity contribution in [3.05, 3.63) is 30.3 Å². The number of likely N-dealkylation sites (tertiary alicyclic amines) is 1. The highest BCUT2D eigenvalue weighted by Crippen LogP contribution is 2.27. The number of anilines is 1. The van der Waals surface area contributed by atoms with Gasteiger partial charge in [0, 0.05) is 19.1 Å². The SMILES string of the molecule is CC(C)(C)OC(=O)NC1CCN([C@@H]2CC(=O)N(c3ccccc3)C2=O)CC1. The molecule has 2 heterocycles. The van der Waals surface area contributed by atoms with Gasteiger partial charge in [-0.3, -0.25) is 14.5 Å². The number of hydrogen-bond acceptors (Lipinski definition) is 5. The molecule has 3 rings (SSSR count). The first-order valence-corrected chi connectivity index (χ1v) is 9.40. The first kappa shape index (κ1) is 19.4. The van der Waals surface area contributed by atoms with Gasteiger partial charge in [0.2, 0.25) is 5.91 Å². The Morgan fingerprint density at radius 2 is 1.74 bits per heavy atom. The summed E-state index contributed by atoms with van der Waals surface area (Å²) in [7, 11) is 0. The van der Waals surface area contributed by atoms with Crippen LogP contribution in [0.2, 0.25) is 0 Å². The van der Waals surface area contributed by atoms with Crippen molar-refractivity contribution < 1.29 is 19.1 Å². The molecule has 1 aromatic rings. The fourth-order valence-corrected chi connectivity index (χ4v) is 3.58. The number of imide groups is 1. The van der Waals surface area contributed by atoms with E-state index in [9.17, 15) is 14.4 Å². The number of benzene rings is 1. The normalized spacial score (nSPS) is 22.2. The van der Waals surface area contributed by atoms with E-state index in [-0.39, 0.29) is 24.3 Å². The molecule has 0 saturated carbocycles. The number of rotatable bonds is 3. The molecule has 2 saturated heterocycles. The summed E-state index contributed by atoms with van der Waals surface area (Å²) in [6.07, 6.45) is 1.24. The van der Waals surface area contributed by atoms with E-state index in [0.29, 0.717) is 18.8 Å². The number of piperidine rings is 1. The van der Waals surface area contributed by atoms with Crippen molar-refractivity contribution in [1.82, 2.24) is 10.2 Å². The summed E-state index contributed by atoms with van der Waals surface area (Å²) in [6, 6.07) is 8.64. The predicted molar refractivity (Wildman–Crippen MR) is 101 cm³/mol. The molecule has 2 aliphatic heterocycles. The number of nitrogens with one attached hydrogen (secondary N) is 1. The molecule has 146 valence electrons. The van der Waals surface area contributed by atoms with Crippen LogP contribution in [0, 0.1) is 0 Å². The summed E-state index contributed by atoms with van der Waals surface area (Å²) in [6.45, 7) is 6.81. The summed E-state index contributed by atoms with van der Waals surface area (Å²) < 4.78 is 5.29. The lowest BCUT2D eigenvalue weighted by Gasteiger charge is -2.35. The second-order valence-electron chi connectivity index (χ2n) is 8.08. The summed E-state index contributed by atoms with van der Waals surface area (Å²) in [5, 5.41) is 2.89. The fourth-order valence-electron chi connectivity index (χ4n) is 3.58. The molecular formula is C20H27N3O4. The molecule has 2 fully saturated rings. The number of nitrogens with zero attached hydrogens (tertiary/aromatic N) is 2. The molecule has 27 heavy (non-hydrogen) atoms. The smallest absolute Gasteiger partial charge is 0.407 e. The van der Waals surface area contributed by atoms with Gasteiger partial charge in [-0.25, -0.2) is 9.69 Å². The molecule has 7 heteroatoms. The molecule has 1 aromatic carbocycles. The third kappa shape index (κ3) is 4.66. The van der Waals surface area contributed by atoms with E-state index in [4.69, 9.17) is 4.74 Å². The van der Waals surface area contributed by atoms with Crippen LogP contribution in [0.25, 0.3) is 0 Å². The molecule has 0 aromatic heterocycles. The van der Waals surface area contributed by atoms with Crippen molar-refractivity contribution in [2.45, 2.75) is 57.7 Å². The van der Waals surface area contributed by atoms with Crippen molar-refractivity contribution >= 4 is 23.6 Å². The molecule has 0 aliphatic carbocycles. The number of amides is 3. The molecule has 3 amide bonds. The van der Waals surface area contributed by atoms with Crippen LogP contribution in [-0.4, -0.2) is 53.6 Å². The van der Waals surface area contributed by atoms with Crippen LogP contribution in [-0.2, 0) is 14.3 Å². The van der Waals surface area contributed by atoms with Gasteiger partial charge < -0.3 is 10.1 Å². The molecule has 1 N–H and O–H groups in total. The van der Waals surface area contributed by atoms with Crippen molar-refractivity contribution in [3.63, 3.8) is 0 Å². The van der Waals surface area contributed by atoms with E-state index < -0.39 is 17.7 Å². The topological polar surface area (TPSA) is 79.0 Å². The third-order valence-electron chi connectivity index (χ3n) is 4.83. The molecular weight excluding hydrogens is 346 g/mol. The largest absolute Gasteiger partial charge is 0.444 e. The van der Waals surface area contributed by atoms with Crippen molar-refractivity contribution in [1.29, 1.82) is 0 Å². The Balaban J connectivity index is 1.55. The van der Waals surface area contributed by atoms with Crippen LogP contribution >= 0.6 is 0 Å². The lowest BCUT2D eigenvalue weighted by molar-refractivity contribution is -0.123. The summed E-state index contributed by atoms with van der Waals surface area (Å²) >= 11 is 0. The molecule has 2 aliphatic rings. The van der Waals surface area contributed by atoms with Gasteiger partial charge in [-0.05, 0) is 45.7 Å². The van der Waals surface area contributed by atoms with Crippen LogP contribution in [0.1, 0.15) is 40.0 Å². The molecule has 1 atom stereocenters. The predicted octanol–water partition coefficient (Wildman–Crippen LogP) is 2.31. The summed E-state index contributed by atoms with van der Waals surface area (Å²) in [5.74, 6) is -0.324. The molecule has 0 radical (unpaired) electrons. The zero-order valence-corrected chi connectivity index (χ0v) is 16.1. The third-order valence-corrected chi connectivity index (χ3v) is 4.83. The number of ether oxygens (including phenoxy) is 1. The van der Waals surface area contributed by atoms with Gasteiger partial charge in [-0.1, -0.05) is 18.2 Å². The Hall–Kier alpha value is -2.41. The summed E-state index contributed by atoms with van der Waals surface area (Å²) in [5.41, 5.74) is 0.0963. The average Bonchev–Trinajstić information content (AvgIpc) is 2.89. The van der Waals surface area contributed by atoms with E-state index in [1.165, 1.54) is 4.90 Å². The Bertz CT molecular complexity index is 706. The highest BCUT2D eigenvalue weighted by molar-refractivity contribution is 6.22. The highest BCUT2D eigenvalue weighted by Gasteiger charge is 2.43. The van der Waals surface area contributed by atoms with Crippen molar-refractivity contribution in [3.8, 4) is 0 Å². The number of carbonyl (C=O) groups excluding carboxylic acids is 3. The maximum Gasteiger partial charge on any atom is 0.407 e. The second kappa shape index (κ2) is 7.68. The number of alkyl carbamates (subject to hydrolysis) is 1. The average molecular weight is 373 g/mol. The first-order chi connectivity index (χ1) is 12.7. The van der Waals surface area contributed by atoms with Crippen LogP contribution < -0.4 is 10.2 Å². The summed E-state index contributed by atoms with van der Waals surface area (Å²) in [4.78, 5) is 40.4.